The van der Waals surface area contributed by atoms with Crippen molar-refractivity contribution in [3.8, 4) is 0 Å². The number of amides is 1. The highest BCUT2D eigenvalue weighted by atomic mass is 32.2. The summed E-state index contributed by atoms with van der Waals surface area (Å²) in [6, 6.07) is 12.5. The Hall–Kier alpha value is -2.33. The number of hydrogen-bond acceptors (Lipinski definition) is 6. The molecule has 4 rings (SSSR count). The third kappa shape index (κ3) is 4.82. The van der Waals surface area contributed by atoms with Crippen molar-refractivity contribution in [2.75, 3.05) is 31.7 Å². The minimum absolute atomic E-state index is 0.0508. The molecule has 1 aromatic heterocycles. The van der Waals surface area contributed by atoms with Crippen LogP contribution in [0.4, 0.5) is 5.13 Å². The molecule has 2 heterocycles. The molecule has 0 saturated carbocycles. The molecule has 1 aliphatic rings. The van der Waals surface area contributed by atoms with Gasteiger partial charge < -0.3 is 4.74 Å². The van der Waals surface area contributed by atoms with Crippen molar-refractivity contribution < 1.29 is 17.9 Å². The van der Waals surface area contributed by atoms with E-state index in [1.807, 2.05) is 38.1 Å². The van der Waals surface area contributed by atoms with Crippen LogP contribution in [0.2, 0.25) is 0 Å². The summed E-state index contributed by atoms with van der Waals surface area (Å²) >= 11 is 1.43. The molecular weight excluding hydrogens is 458 g/mol. The molecule has 2 aromatic carbocycles. The van der Waals surface area contributed by atoms with Crippen LogP contribution >= 0.6 is 11.3 Å². The van der Waals surface area contributed by atoms with Gasteiger partial charge in [-0.15, -0.1) is 0 Å². The first-order chi connectivity index (χ1) is 15.8. The molecule has 176 valence electrons. The molecule has 0 spiro atoms. The van der Waals surface area contributed by atoms with E-state index in [4.69, 9.17) is 4.74 Å². The van der Waals surface area contributed by atoms with E-state index in [0.29, 0.717) is 36.0 Å². The van der Waals surface area contributed by atoms with Crippen molar-refractivity contribution in [3.63, 3.8) is 0 Å². The lowest BCUT2D eigenvalue weighted by Gasteiger charge is -2.32. The monoisotopic (exact) mass is 487 g/mol. The number of aromatic nitrogens is 1. The highest BCUT2D eigenvalue weighted by molar-refractivity contribution is 7.89. The van der Waals surface area contributed by atoms with Crippen LogP contribution in [0.1, 0.15) is 42.1 Å². The Morgan fingerprint density at radius 3 is 2.76 bits per heavy atom. The fourth-order valence-electron chi connectivity index (χ4n) is 4.14. The van der Waals surface area contributed by atoms with E-state index in [0.717, 1.165) is 29.5 Å². The minimum Gasteiger partial charge on any atom is -0.383 e. The van der Waals surface area contributed by atoms with Crippen LogP contribution in [-0.2, 0) is 14.8 Å². The summed E-state index contributed by atoms with van der Waals surface area (Å²) in [6.07, 6.45) is 2.73. The molecule has 0 N–H and O–H groups in total. The molecular formula is C24H29N3O4S2. The number of fused-ring (bicyclic) bond motifs is 1. The molecule has 1 unspecified atom stereocenters. The van der Waals surface area contributed by atoms with Crippen molar-refractivity contribution in [1.82, 2.24) is 9.29 Å². The molecule has 1 saturated heterocycles. The number of para-hydroxylation sites is 1. The maximum Gasteiger partial charge on any atom is 0.260 e. The van der Waals surface area contributed by atoms with E-state index in [9.17, 15) is 13.2 Å². The first kappa shape index (κ1) is 23.8. The SMILES string of the molecule is COCCN(C(=O)c1cc(S(=O)(=O)N2CCCCC2C)ccc1C)c1nc2ccccc2s1. The number of hydrogen-bond donors (Lipinski definition) is 0. The van der Waals surface area contributed by atoms with Crippen molar-refractivity contribution in [2.45, 2.75) is 44.0 Å². The number of methoxy groups -OCH3 is 1. The van der Waals surface area contributed by atoms with Gasteiger partial charge in [0.1, 0.15) is 0 Å². The smallest absolute Gasteiger partial charge is 0.260 e. The first-order valence-electron chi connectivity index (χ1n) is 11.1. The van der Waals surface area contributed by atoms with Crippen LogP contribution < -0.4 is 4.90 Å². The molecule has 0 radical (unpaired) electrons. The van der Waals surface area contributed by atoms with Gasteiger partial charge in [0.05, 0.1) is 28.3 Å². The maximum absolute atomic E-state index is 13.7. The van der Waals surface area contributed by atoms with Crippen molar-refractivity contribution >= 4 is 42.6 Å². The summed E-state index contributed by atoms with van der Waals surface area (Å²) in [5, 5.41) is 0.565. The van der Waals surface area contributed by atoms with E-state index in [1.165, 1.54) is 17.4 Å². The lowest BCUT2D eigenvalue weighted by atomic mass is 10.1. The fourth-order valence-corrected chi connectivity index (χ4v) is 6.86. The third-order valence-electron chi connectivity index (χ3n) is 6.07. The minimum atomic E-state index is -3.69. The van der Waals surface area contributed by atoms with E-state index in [-0.39, 0.29) is 16.8 Å². The lowest BCUT2D eigenvalue weighted by molar-refractivity contribution is 0.0975. The van der Waals surface area contributed by atoms with Gasteiger partial charge in [-0.3, -0.25) is 9.69 Å². The second-order valence-electron chi connectivity index (χ2n) is 8.35. The lowest BCUT2D eigenvalue weighted by Crippen LogP contribution is -2.42. The van der Waals surface area contributed by atoms with Crippen LogP contribution in [0.15, 0.2) is 47.4 Å². The molecule has 33 heavy (non-hydrogen) atoms. The summed E-state index contributed by atoms with van der Waals surface area (Å²) in [5.41, 5.74) is 1.89. The van der Waals surface area contributed by atoms with E-state index >= 15 is 0 Å². The molecule has 0 bridgehead atoms. The van der Waals surface area contributed by atoms with Crippen molar-refractivity contribution in [3.05, 3.63) is 53.6 Å². The van der Waals surface area contributed by atoms with Gasteiger partial charge in [0.2, 0.25) is 10.0 Å². The Balaban J connectivity index is 1.72. The molecule has 1 aliphatic heterocycles. The van der Waals surface area contributed by atoms with Crippen LogP contribution in [0, 0.1) is 6.92 Å². The Labute approximate surface area is 199 Å². The largest absolute Gasteiger partial charge is 0.383 e. The number of ether oxygens (including phenoxy) is 1. The molecule has 1 amide bonds. The number of anilines is 1. The summed E-state index contributed by atoms with van der Waals surface area (Å²) in [6.45, 7) is 4.92. The van der Waals surface area contributed by atoms with Gasteiger partial charge in [0.25, 0.3) is 5.91 Å². The van der Waals surface area contributed by atoms with E-state index < -0.39 is 10.0 Å². The predicted octanol–water partition coefficient (Wildman–Crippen LogP) is 4.46. The van der Waals surface area contributed by atoms with Gasteiger partial charge in [-0.2, -0.15) is 4.31 Å². The number of thiazole rings is 1. The quantitative estimate of drug-likeness (QED) is 0.492. The number of carbonyl (C=O) groups excluding carboxylic acids is 1. The molecule has 9 heteroatoms. The highest BCUT2D eigenvalue weighted by Crippen LogP contribution is 2.31. The molecule has 7 nitrogen and oxygen atoms in total. The van der Waals surface area contributed by atoms with Gasteiger partial charge >= 0.3 is 0 Å². The molecule has 0 aliphatic carbocycles. The number of piperidine rings is 1. The summed E-state index contributed by atoms with van der Waals surface area (Å²) in [4.78, 5) is 20.1. The first-order valence-corrected chi connectivity index (χ1v) is 13.4. The predicted molar refractivity (Wildman–Crippen MR) is 132 cm³/mol. The van der Waals surface area contributed by atoms with Crippen LogP contribution in [0.25, 0.3) is 10.2 Å². The Kier molecular flexibility index (Phi) is 7.13. The highest BCUT2D eigenvalue weighted by Gasteiger charge is 2.32. The maximum atomic E-state index is 13.7. The zero-order valence-corrected chi connectivity index (χ0v) is 20.8. The van der Waals surface area contributed by atoms with Gasteiger partial charge in [-0.25, -0.2) is 13.4 Å². The standard InChI is InChI=1S/C24H29N3O4S2/c1-17-11-12-19(33(29,30)27-13-7-6-8-18(27)2)16-20(17)23(28)26(14-15-31-3)24-25-21-9-4-5-10-22(21)32-24/h4-5,9-12,16,18H,6-8,13-15H2,1-3H3. The zero-order valence-electron chi connectivity index (χ0n) is 19.2. The number of rotatable bonds is 7. The molecule has 1 fully saturated rings. The Morgan fingerprint density at radius 2 is 2.03 bits per heavy atom. The summed E-state index contributed by atoms with van der Waals surface area (Å²) in [5.74, 6) is -0.285. The number of carbonyl (C=O) groups is 1. The second-order valence-corrected chi connectivity index (χ2v) is 11.3. The number of aryl methyl sites for hydroxylation is 1. The molecule has 1 atom stereocenters. The van der Waals surface area contributed by atoms with Gasteiger partial charge in [0, 0.05) is 25.3 Å². The average molecular weight is 488 g/mol. The van der Waals surface area contributed by atoms with Crippen molar-refractivity contribution in [1.29, 1.82) is 0 Å². The van der Waals surface area contributed by atoms with Crippen LogP contribution in [0.3, 0.4) is 0 Å². The second kappa shape index (κ2) is 9.89. The van der Waals surface area contributed by atoms with E-state index in [1.54, 1.807) is 28.4 Å². The average Bonchev–Trinajstić information content (AvgIpc) is 3.23. The summed E-state index contributed by atoms with van der Waals surface area (Å²) < 4.78 is 34.5. The Morgan fingerprint density at radius 1 is 1.24 bits per heavy atom. The fraction of sp³-hybridized carbons (Fsp3) is 0.417. The molecule has 3 aromatic rings. The number of sulfonamides is 1. The zero-order chi connectivity index (χ0) is 23.6. The van der Waals surface area contributed by atoms with Gasteiger partial charge in [0.15, 0.2) is 5.13 Å². The normalized spacial score (nSPS) is 17.4. The Bertz CT molecular complexity index is 1220. The summed E-state index contributed by atoms with van der Waals surface area (Å²) in [7, 11) is -2.10. The topological polar surface area (TPSA) is 79.8 Å². The van der Waals surface area contributed by atoms with Gasteiger partial charge in [-0.1, -0.05) is 36.0 Å². The van der Waals surface area contributed by atoms with Crippen LogP contribution in [0.5, 0.6) is 0 Å². The number of nitrogens with zero attached hydrogens (tertiary/aromatic N) is 3. The van der Waals surface area contributed by atoms with Crippen LogP contribution in [-0.4, -0.2) is 56.5 Å². The third-order valence-corrected chi connectivity index (χ3v) is 9.13. The number of benzene rings is 2. The van der Waals surface area contributed by atoms with Crippen molar-refractivity contribution in [2.24, 2.45) is 0 Å². The van der Waals surface area contributed by atoms with E-state index in [2.05, 4.69) is 4.98 Å². The van der Waals surface area contributed by atoms with Gasteiger partial charge in [-0.05, 0) is 56.5 Å².